The first-order valence-corrected chi connectivity index (χ1v) is 5.80. The molecule has 0 unspecified atom stereocenters. The van der Waals surface area contributed by atoms with Crippen molar-refractivity contribution in [1.82, 2.24) is 19.7 Å². The Bertz CT molecular complexity index is 593. The molecular weight excluding hydrogens is 270 g/mol. The van der Waals surface area contributed by atoms with Crippen molar-refractivity contribution >= 4 is 29.2 Å². The van der Waals surface area contributed by atoms with E-state index in [1.54, 1.807) is 20.0 Å². The highest BCUT2D eigenvalue weighted by atomic mass is 35.5. The summed E-state index contributed by atoms with van der Waals surface area (Å²) in [6.07, 6.45) is 6.00. The highest BCUT2D eigenvalue weighted by Crippen LogP contribution is 2.19. The number of anilines is 2. The van der Waals surface area contributed by atoms with Crippen molar-refractivity contribution in [2.24, 2.45) is 0 Å². The van der Waals surface area contributed by atoms with Crippen LogP contribution in [-0.4, -0.2) is 30.8 Å². The number of carboxylic acids is 1. The maximum atomic E-state index is 11.1. The molecule has 0 aliphatic carbocycles. The fourth-order valence-corrected chi connectivity index (χ4v) is 1.39. The average Bonchev–Trinajstić information content (AvgIpc) is 2.81. The van der Waals surface area contributed by atoms with Crippen LogP contribution in [0.1, 0.15) is 13.8 Å². The SMILES string of the molecule is CC(C)(C(=O)O)n1cc(Nc2ncc(Cl)cn2)cn1. The van der Waals surface area contributed by atoms with Gasteiger partial charge in [0.2, 0.25) is 5.95 Å². The number of carbonyl (C=O) groups is 1. The first-order chi connectivity index (χ1) is 8.89. The van der Waals surface area contributed by atoms with E-state index in [9.17, 15) is 4.79 Å². The molecule has 0 aromatic carbocycles. The predicted molar refractivity (Wildman–Crippen MR) is 69.5 cm³/mol. The largest absolute Gasteiger partial charge is 0.479 e. The van der Waals surface area contributed by atoms with Gasteiger partial charge in [0.25, 0.3) is 0 Å². The van der Waals surface area contributed by atoms with Crippen molar-refractivity contribution in [3.63, 3.8) is 0 Å². The fraction of sp³-hybridized carbons (Fsp3) is 0.273. The normalized spacial score (nSPS) is 11.3. The zero-order valence-corrected chi connectivity index (χ0v) is 11.1. The van der Waals surface area contributed by atoms with Crippen LogP contribution in [0.3, 0.4) is 0 Å². The zero-order valence-electron chi connectivity index (χ0n) is 10.3. The number of rotatable bonds is 4. The van der Waals surface area contributed by atoms with Gasteiger partial charge in [-0.3, -0.25) is 4.68 Å². The molecule has 0 atom stereocenters. The maximum absolute atomic E-state index is 11.1. The minimum absolute atomic E-state index is 0.358. The van der Waals surface area contributed by atoms with E-state index in [-0.39, 0.29) is 0 Å². The fourth-order valence-electron chi connectivity index (χ4n) is 1.30. The summed E-state index contributed by atoms with van der Waals surface area (Å²) in [6, 6.07) is 0. The second-order valence-electron chi connectivity index (χ2n) is 4.39. The van der Waals surface area contributed by atoms with Crippen LogP contribution < -0.4 is 5.32 Å². The standard InChI is InChI=1S/C11H12ClN5O2/c1-11(2,9(18)19)17-6-8(5-15-17)16-10-13-3-7(12)4-14-10/h3-6H,1-2H3,(H,18,19)(H,13,14,16). The van der Waals surface area contributed by atoms with Crippen LogP contribution >= 0.6 is 11.6 Å². The molecule has 0 saturated carbocycles. The Kier molecular flexibility index (Phi) is 3.39. The molecule has 2 rings (SSSR count). The first-order valence-electron chi connectivity index (χ1n) is 5.43. The van der Waals surface area contributed by atoms with Gasteiger partial charge in [0.15, 0.2) is 5.54 Å². The monoisotopic (exact) mass is 281 g/mol. The number of carboxylic acid groups (broad SMARTS) is 1. The molecule has 2 heterocycles. The third kappa shape index (κ3) is 2.82. The second kappa shape index (κ2) is 4.85. The highest BCUT2D eigenvalue weighted by molar-refractivity contribution is 6.30. The quantitative estimate of drug-likeness (QED) is 0.889. The molecule has 0 bridgehead atoms. The van der Waals surface area contributed by atoms with E-state index in [4.69, 9.17) is 16.7 Å². The van der Waals surface area contributed by atoms with E-state index in [0.29, 0.717) is 16.7 Å². The summed E-state index contributed by atoms with van der Waals surface area (Å²) in [5, 5.41) is 16.5. The van der Waals surface area contributed by atoms with Gasteiger partial charge in [0, 0.05) is 6.20 Å². The lowest BCUT2D eigenvalue weighted by Gasteiger charge is -2.19. The van der Waals surface area contributed by atoms with Gasteiger partial charge in [-0.15, -0.1) is 0 Å². The van der Waals surface area contributed by atoms with Crippen molar-refractivity contribution in [3.05, 3.63) is 29.8 Å². The number of halogens is 1. The predicted octanol–water partition coefficient (Wildman–Crippen LogP) is 1.89. The number of nitrogens with one attached hydrogen (secondary N) is 1. The number of aromatic nitrogens is 4. The van der Waals surface area contributed by atoms with Crippen molar-refractivity contribution in [2.45, 2.75) is 19.4 Å². The van der Waals surface area contributed by atoms with Crippen LogP contribution in [0.25, 0.3) is 0 Å². The molecule has 0 amide bonds. The van der Waals surface area contributed by atoms with Gasteiger partial charge in [-0.2, -0.15) is 5.10 Å². The lowest BCUT2D eigenvalue weighted by Crippen LogP contribution is -2.35. The van der Waals surface area contributed by atoms with E-state index >= 15 is 0 Å². The molecule has 2 N–H and O–H groups in total. The van der Waals surface area contributed by atoms with Gasteiger partial charge in [0.05, 0.1) is 29.3 Å². The van der Waals surface area contributed by atoms with Gasteiger partial charge in [0.1, 0.15) is 0 Å². The second-order valence-corrected chi connectivity index (χ2v) is 4.82. The summed E-state index contributed by atoms with van der Waals surface area (Å²) in [5.41, 5.74) is -0.530. The molecule has 0 aliphatic heterocycles. The first kappa shape index (κ1) is 13.3. The van der Waals surface area contributed by atoms with Gasteiger partial charge in [-0.1, -0.05) is 11.6 Å². The lowest BCUT2D eigenvalue weighted by molar-refractivity contribution is -0.146. The highest BCUT2D eigenvalue weighted by Gasteiger charge is 2.30. The van der Waals surface area contributed by atoms with E-state index < -0.39 is 11.5 Å². The van der Waals surface area contributed by atoms with Gasteiger partial charge >= 0.3 is 5.97 Å². The topological polar surface area (TPSA) is 92.9 Å². The number of nitrogens with zero attached hydrogens (tertiary/aromatic N) is 4. The molecule has 0 saturated heterocycles. The smallest absolute Gasteiger partial charge is 0.331 e. The van der Waals surface area contributed by atoms with Crippen molar-refractivity contribution < 1.29 is 9.90 Å². The van der Waals surface area contributed by atoms with Crippen LogP contribution in [0, 0.1) is 0 Å². The summed E-state index contributed by atoms with van der Waals surface area (Å²) in [4.78, 5) is 19.1. The molecule has 8 heteroatoms. The van der Waals surface area contributed by atoms with E-state index in [1.165, 1.54) is 23.3 Å². The molecule has 19 heavy (non-hydrogen) atoms. The molecule has 0 radical (unpaired) electrons. The Balaban J connectivity index is 2.18. The Morgan fingerprint density at radius 2 is 2.00 bits per heavy atom. The molecular formula is C11H12ClN5O2. The average molecular weight is 282 g/mol. The molecule has 0 aliphatic rings. The minimum Gasteiger partial charge on any atom is -0.479 e. The third-order valence-electron chi connectivity index (χ3n) is 2.56. The van der Waals surface area contributed by atoms with E-state index in [0.717, 1.165) is 0 Å². The molecule has 0 fully saturated rings. The Morgan fingerprint density at radius 3 is 2.58 bits per heavy atom. The summed E-state index contributed by atoms with van der Waals surface area (Å²) in [6.45, 7) is 3.12. The summed E-state index contributed by atoms with van der Waals surface area (Å²) < 4.78 is 1.35. The Labute approximate surface area is 114 Å². The molecule has 2 aromatic rings. The lowest BCUT2D eigenvalue weighted by atomic mass is 10.1. The zero-order chi connectivity index (χ0) is 14.0. The number of hydrogen-bond donors (Lipinski definition) is 2. The van der Waals surface area contributed by atoms with E-state index in [2.05, 4.69) is 20.4 Å². The van der Waals surface area contributed by atoms with E-state index in [1.807, 2.05) is 0 Å². The van der Waals surface area contributed by atoms with Gasteiger partial charge in [-0.05, 0) is 13.8 Å². The van der Waals surface area contributed by atoms with Crippen molar-refractivity contribution in [1.29, 1.82) is 0 Å². The van der Waals surface area contributed by atoms with Crippen LogP contribution in [-0.2, 0) is 10.3 Å². The Hall–Kier alpha value is -2.15. The van der Waals surface area contributed by atoms with Crippen LogP contribution in [0.5, 0.6) is 0 Å². The Morgan fingerprint density at radius 1 is 1.37 bits per heavy atom. The maximum Gasteiger partial charge on any atom is 0.331 e. The minimum atomic E-state index is -1.12. The van der Waals surface area contributed by atoms with Crippen LogP contribution in [0.2, 0.25) is 5.02 Å². The molecule has 2 aromatic heterocycles. The summed E-state index contributed by atoms with van der Waals surface area (Å²) >= 11 is 5.68. The van der Waals surface area contributed by atoms with Crippen LogP contribution in [0.15, 0.2) is 24.8 Å². The van der Waals surface area contributed by atoms with Gasteiger partial charge < -0.3 is 10.4 Å². The van der Waals surface area contributed by atoms with Crippen molar-refractivity contribution in [2.75, 3.05) is 5.32 Å². The third-order valence-corrected chi connectivity index (χ3v) is 2.75. The number of hydrogen-bond acceptors (Lipinski definition) is 5. The number of aliphatic carboxylic acids is 1. The summed E-state index contributed by atoms with van der Waals surface area (Å²) in [5.74, 6) is -0.609. The molecule has 7 nitrogen and oxygen atoms in total. The molecule has 0 spiro atoms. The van der Waals surface area contributed by atoms with Crippen LogP contribution in [0.4, 0.5) is 11.6 Å². The van der Waals surface area contributed by atoms with Gasteiger partial charge in [-0.25, -0.2) is 14.8 Å². The summed E-state index contributed by atoms with van der Waals surface area (Å²) in [7, 11) is 0. The molecule has 100 valence electrons. The van der Waals surface area contributed by atoms with Crippen molar-refractivity contribution in [3.8, 4) is 0 Å².